The number of benzene rings is 2. The Morgan fingerprint density at radius 2 is 1.65 bits per heavy atom. The molecule has 1 saturated heterocycles. The van der Waals surface area contributed by atoms with Gasteiger partial charge in [-0.2, -0.15) is 0 Å². The second kappa shape index (κ2) is 10.2. The molecule has 1 N–H and O–H groups in total. The summed E-state index contributed by atoms with van der Waals surface area (Å²) in [6.07, 6.45) is 5.29. The van der Waals surface area contributed by atoms with E-state index in [9.17, 15) is 13.2 Å². The molecule has 2 fully saturated rings. The van der Waals surface area contributed by atoms with Crippen molar-refractivity contribution in [2.75, 3.05) is 27.9 Å². The van der Waals surface area contributed by atoms with Gasteiger partial charge in [0.15, 0.2) is 0 Å². The molecule has 2 aliphatic rings. The van der Waals surface area contributed by atoms with Crippen molar-refractivity contribution in [3.05, 3.63) is 47.5 Å². The van der Waals surface area contributed by atoms with Crippen LogP contribution in [0.4, 0.5) is 0 Å². The number of carbonyl (C=O) groups is 1. The lowest BCUT2D eigenvalue weighted by Crippen LogP contribution is -2.33. The van der Waals surface area contributed by atoms with Gasteiger partial charge in [-0.05, 0) is 56.0 Å². The van der Waals surface area contributed by atoms with Gasteiger partial charge in [0.25, 0.3) is 5.91 Å². The fraction of sp³-hybridized carbons (Fsp3) is 0.480. The fourth-order valence-electron chi connectivity index (χ4n) is 4.94. The van der Waals surface area contributed by atoms with E-state index in [1.54, 1.807) is 31.3 Å². The van der Waals surface area contributed by atoms with Gasteiger partial charge >= 0.3 is 0 Å². The fourth-order valence-corrected chi connectivity index (χ4v) is 6.44. The zero-order valence-corrected chi connectivity index (χ0v) is 20.7. The summed E-state index contributed by atoms with van der Waals surface area (Å²) in [6.45, 7) is 0.577. The van der Waals surface area contributed by atoms with Crippen molar-refractivity contribution < 1.29 is 27.4 Å². The minimum Gasteiger partial charge on any atom is -0.497 e. The van der Waals surface area contributed by atoms with Crippen molar-refractivity contribution in [2.24, 2.45) is 0 Å². The number of sulfonamides is 1. The summed E-state index contributed by atoms with van der Waals surface area (Å²) in [4.78, 5) is 15.4. The molecule has 184 valence electrons. The molecular weight excluding hydrogens is 456 g/mol. The van der Waals surface area contributed by atoms with E-state index >= 15 is 0 Å². The third-order valence-electron chi connectivity index (χ3n) is 6.69. The molecule has 1 saturated carbocycles. The summed E-state index contributed by atoms with van der Waals surface area (Å²) < 4.78 is 45.3. The maximum Gasteiger partial charge on any atom is 0.254 e. The van der Waals surface area contributed by atoms with Crippen LogP contribution in [0.25, 0.3) is 0 Å². The van der Waals surface area contributed by atoms with Gasteiger partial charge in [0.1, 0.15) is 22.1 Å². The van der Waals surface area contributed by atoms with E-state index in [1.807, 2.05) is 18.2 Å². The van der Waals surface area contributed by atoms with Gasteiger partial charge in [-0.15, -0.1) is 0 Å². The Balaban J connectivity index is 1.64. The van der Waals surface area contributed by atoms with Gasteiger partial charge in [0.2, 0.25) is 10.0 Å². The molecule has 1 atom stereocenters. The Hall–Kier alpha value is -2.78. The zero-order chi connectivity index (χ0) is 24.3. The van der Waals surface area contributed by atoms with Crippen LogP contribution in [0.2, 0.25) is 0 Å². The predicted octanol–water partition coefficient (Wildman–Crippen LogP) is 3.91. The van der Waals surface area contributed by atoms with Crippen molar-refractivity contribution >= 4 is 15.9 Å². The number of hydrogen-bond donors (Lipinski definition) is 1. The molecule has 34 heavy (non-hydrogen) atoms. The molecule has 8 nitrogen and oxygen atoms in total. The van der Waals surface area contributed by atoms with Crippen LogP contribution in [0.5, 0.6) is 17.2 Å². The van der Waals surface area contributed by atoms with Gasteiger partial charge in [0, 0.05) is 29.8 Å². The van der Waals surface area contributed by atoms with Gasteiger partial charge in [-0.1, -0.05) is 12.8 Å². The third-order valence-corrected chi connectivity index (χ3v) is 8.23. The molecule has 1 aliphatic heterocycles. The van der Waals surface area contributed by atoms with Crippen LogP contribution in [0.15, 0.2) is 41.3 Å². The lowest BCUT2D eigenvalue weighted by molar-refractivity contribution is 0.0734. The van der Waals surface area contributed by atoms with Crippen LogP contribution in [-0.4, -0.2) is 53.1 Å². The van der Waals surface area contributed by atoms with Crippen LogP contribution in [-0.2, 0) is 10.0 Å². The SMILES string of the molecule is COc1ccc([C@@H]2CCCN2C(=O)c2ccc(OC)c(S(=O)(=O)NC3CCCC3)c2)c(OC)c1. The van der Waals surface area contributed by atoms with E-state index in [0.717, 1.165) is 44.1 Å². The quantitative estimate of drug-likeness (QED) is 0.606. The molecule has 1 aliphatic carbocycles. The van der Waals surface area contributed by atoms with Crippen LogP contribution >= 0.6 is 0 Å². The number of carbonyl (C=O) groups excluding carboxylic acids is 1. The number of hydrogen-bond acceptors (Lipinski definition) is 6. The topological polar surface area (TPSA) is 94.2 Å². The zero-order valence-electron chi connectivity index (χ0n) is 19.9. The molecule has 2 aromatic rings. The number of amides is 1. The Morgan fingerprint density at radius 3 is 2.32 bits per heavy atom. The molecule has 0 unspecified atom stereocenters. The number of rotatable bonds is 8. The summed E-state index contributed by atoms with van der Waals surface area (Å²) in [7, 11) is 0.787. The molecule has 0 bridgehead atoms. The lowest BCUT2D eigenvalue weighted by Gasteiger charge is -2.27. The lowest BCUT2D eigenvalue weighted by atomic mass is 10.0. The number of methoxy groups -OCH3 is 3. The van der Waals surface area contributed by atoms with Crippen molar-refractivity contribution in [2.45, 2.75) is 55.5 Å². The maximum absolute atomic E-state index is 13.6. The molecule has 4 rings (SSSR count). The van der Waals surface area contributed by atoms with Crippen molar-refractivity contribution in [3.8, 4) is 17.2 Å². The summed E-state index contributed by atoms with van der Waals surface area (Å²) in [5.74, 6) is 1.33. The van der Waals surface area contributed by atoms with E-state index in [4.69, 9.17) is 14.2 Å². The first-order valence-electron chi connectivity index (χ1n) is 11.6. The highest BCUT2D eigenvalue weighted by molar-refractivity contribution is 7.89. The monoisotopic (exact) mass is 488 g/mol. The Labute approximate surface area is 201 Å². The molecular formula is C25H32N2O6S. The minimum atomic E-state index is -3.83. The first-order chi connectivity index (χ1) is 16.4. The second-order valence-corrected chi connectivity index (χ2v) is 10.4. The van der Waals surface area contributed by atoms with Gasteiger partial charge < -0.3 is 19.1 Å². The Kier molecular flexibility index (Phi) is 7.33. The second-order valence-electron chi connectivity index (χ2n) is 8.73. The van der Waals surface area contributed by atoms with Crippen LogP contribution < -0.4 is 18.9 Å². The molecule has 9 heteroatoms. The van der Waals surface area contributed by atoms with Crippen molar-refractivity contribution in [1.82, 2.24) is 9.62 Å². The summed E-state index contributed by atoms with van der Waals surface area (Å²) >= 11 is 0. The minimum absolute atomic E-state index is 0.00877. The van der Waals surface area contributed by atoms with E-state index in [2.05, 4.69) is 4.72 Å². The van der Waals surface area contributed by atoms with Gasteiger partial charge in [0.05, 0.1) is 27.4 Å². The number of likely N-dealkylation sites (tertiary alicyclic amines) is 1. The van der Waals surface area contributed by atoms with Crippen LogP contribution in [0, 0.1) is 0 Å². The van der Waals surface area contributed by atoms with Gasteiger partial charge in [-0.25, -0.2) is 13.1 Å². The summed E-state index contributed by atoms with van der Waals surface area (Å²) in [5.41, 5.74) is 1.21. The molecule has 0 aromatic heterocycles. The molecule has 2 aromatic carbocycles. The molecule has 0 radical (unpaired) electrons. The number of ether oxygens (including phenoxy) is 3. The highest BCUT2D eigenvalue weighted by Gasteiger charge is 2.34. The standard InChI is InChI=1S/C25H32N2O6S/c1-31-19-11-12-20(23(16-19)33-3)21-9-6-14-27(21)25(28)17-10-13-22(32-2)24(15-17)34(29,30)26-18-7-4-5-8-18/h10-13,15-16,18,21,26H,4-9,14H2,1-3H3/t21-/m0/s1. The molecule has 0 spiro atoms. The number of nitrogens with one attached hydrogen (secondary N) is 1. The number of nitrogens with zero attached hydrogens (tertiary/aromatic N) is 1. The van der Waals surface area contributed by atoms with Crippen LogP contribution in [0.3, 0.4) is 0 Å². The average molecular weight is 489 g/mol. The molecule has 1 heterocycles. The largest absolute Gasteiger partial charge is 0.497 e. The van der Waals surface area contributed by atoms with Crippen molar-refractivity contribution in [1.29, 1.82) is 0 Å². The Bertz CT molecular complexity index is 1140. The first kappa shape index (κ1) is 24.3. The van der Waals surface area contributed by atoms with E-state index in [1.165, 1.54) is 13.2 Å². The smallest absolute Gasteiger partial charge is 0.254 e. The highest BCUT2D eigenvalue weighted by atomic mass is 32.2. The maximum atomic E-state index is 13.6. The van der Waals surface area contributed by atoms with Crippen molar-refractivity contribution in [3.63, 3.8) is 0 Å². The summed E-state index contributed by atoms with van der Waals surface area (Å²) in [5, 5.41) is 0. The third kappa shape index (κ3) is 4.86. The summed E-state index contributed by atoms with van der Waals surface area (Å²) in [6, 6.07) is 9.93. The highest BCUT2D eigenvalue weighted by Crippen LogP contribution is 2.40. The van der Waals surface area contributed by atoms with Crippen LogP contribution in [0.1, 0.15) is 60.5 Å². The van der Waals surface area contributed by atoms with Gasteiger partial charge in [-0.3, -0.25) is 4.79 Å². The van der Waals surface area contributed by atoms with E-state index in [-0.39, 0.29) is 28.6 Å². The Morgan fingerprint density at radius 1 is 0.912 bits per heavy atom. The normalized spacial score (nSPS) is 18.8. The first-order valence-corrected chi connectivity index (χ1v) is 13.1. The average Bonchev–Trinajstić information content (AvgIpc) is 3.54. The van der Waals surface area contributed by atoms with E-state index < -0.39 is 10.0 Å². The molecule has 1 amide bonds. The van der Waals surface area contributed by atoms with E-state index in [0.29, 0.717) is 23.6 Å². The predicted molar refractivity (Wildman–Crippen MR) is 128 cm³/mol.